The smallest absolute Gasteiger partial charge is 0.160 e. The lowest BCUT2D eigenvalue weighted by Gasteiger charge is -2.09. The molecule has 0 aliphatic carbocycles. The van der Waals surface area contributed by atoms with Gasteiger partial charge < -0.3 is 0 Å². The Morgan fingerprint density at radius 2 is 1.00 bits per heavy atom. The zero-order valence-electron chi connectivity index (χ0n) is 12.9. The third-order valence-corrected chi connectivity index (χ3v) is 3.71. The molecule has 4 nitrogen and oxygen atoms in total. The van der Waals surface area contributed by atoms with Gasteiger partial charge in [0.1, 0.15) is 0 Å². The Balaban J connectivity index is 1.92. The fourth-order valence-electron chi connectivity index (χ4n) is 2.50. The van der Waals surface area contributed by atoms with E-state index in [0.29, 0.717) is 5.82 Å². The van der Waals surface area contributed by atoms with Gasteiger partial charge >= 0.3 is 0 Å². The minimum atomic E-state index is 0.705. The first-order valence-corrected chi connectivity index (χ1v) is 7.65. The van der Waals surface area contributed by atoms with Crippen LogP contribution in [0.1, 0.15) is 0 Å². The molecular weight excluding hydrogens is 296 g/mol. The van der Waals surface area contributed by atoms with Gasteiger partial charge in [-0.05, 0) is 30.3 Å². The molecule has 4 aromatic rings. The molecule has 4 rings (SSSR count). The van der Waals surface area contributed by atoms with E-state index in [-0.39, 0.29) is 0 Å². The van der Waals surface area contributed by atoms with Crippen LogP contribution in [0, 0.1) is 0 Å². The van der Waals surface area contributed by atoms with Gasteiger partial charge in [0.25, 0.3) is 0 Å². The van der Waals surface area contributed by atoms with Crippen LogP contribution in [0.4, 0.5) is 0 Å². The van der Waals surface area contributed by atoms with Crippen LogP contribution < -0.4 is 0 Å². The highest BCUT2D eigenvalue weighted by molar-refractivity contribution is 5.71. The Morgan fingerprint density at radius 3 is 1.50 bits per heavy atom. The Bertz CT molecular complexity index is 799. The average Bonchev–Trinajstić information content (AvgIpc) is 2.70. The Kier molecular flexibility index (Phi) is 3.78. The van der Waals surface area contributed by atoms with Crippen molar-refractivity contribution in [2.45, 2.75) is 0 Å². The summed E-state index contributed by atoms with van der Waals surface area (Å²) < 4.78 is 0. The van der Waals surface area contributed by atoms with E-state index < -0.39 is 0 Å². The molecule has 0 aliphatic heterocycles. The van der Waals surface area contributed by atoms with Crippen molar-refractivity contribution < 1.29 is 0 Å². The maximum absolute atomic E-state index is 4.74. The number of pyridine rings is 2. The Hall–Kier alpha value is -3.40. The average molecular weight is 310 g/mol. The summed E-state index contributed by atoms with van der Waals surface area (Å²) in [4.78, 5) is 17.7. The molecule has 24 heavy (non-hydrogen) atoms. The normalized spacial score (nSPS) is 10.5. The third-order valence-electron chi connectivity index (χ3n) is 3.71. The van der Waals surface area contributed by atoms with E-state index in [1.807, 2.05) is 60.7 Å². The lowest BCUT2D eigenvalue weighted by Crippen LogP contribution is -1.95. The zero-order valence-corrected chi connectivity index (χ0v) is 12.9. The van der Waals surface area contributed by atoms with Crippen LogP contribution in [0.25, 0.3) is 33.9 Å². The van der Waals surface area contributed by atoms with Gasteiger partial charge in [-0.15, -0.1) is 0 Å². The predicted octanol–water partition coefficient (Wildman–Crippen LogP) is 4.27. The van der Waals surface area contributed by atoms with Gasteiger partial charge in [-0.25, -0.2) is 9.97 Å². The lowest BCUT2D eigenvalue weighted by molar-refractivity contribution is 1.18. The second-order valence-electron chi connectivity index (χ2n) is 5.30. The lowest BCUT2D eigenvalue weighted by atomic mass is 10.1. The van der Waals surface area contributed by atoms with Crippen LogP contribution >= 0.6 is 0 Å². The van der Waals surface area contributed by atoms with Crippen molar-refractivity contribution in [2.75, 3.05) is 0 Å². The van der Waals surface area contributed by atoms with Crippen LogP contribution in [0.5, 0.6) is 0 Å². The first-order valence-electron chi connectivity index (χ1n) is 7.65. The van der Waals surface area contributed by atoms with E-state index >= 15 is 0 Å². The van der Waals surface area contributed by atoms with Gasteiger partial charge in [0, 0.05) is 41.5 Å². The molecule has 0 amide bonds. The van der Waals surface area contributed by atoms with Crippen molar-refractivity contribution in [1.82, 2.24) is 19.9 Å². The Morgan fingerprint density at radius 1 is 0.500 bits per heavy atom. The number of benzene rings is 1. The summed E-state index contributed by atoms with van der Waals surface area (Å²) in [5.74, 6) is 0.705. The topological polar surface area (TPSA) is 51.6 Å². The molecule has 4 heteroatoms. The summed E-state index contributed by atoms with van der Waals surface area (Å²) in [5.41, 5.74) is 4.76. The molecule has 0 unspecified atom stereocenters. The molecule has 0 atom stereocenters. The largest absolute Gasteiger partial charge is 0.265 e. The molecule has 0 radical (unpaired) electrons. The SMILES string of the molecule is c1ccc(-c2nc(-c3ccncc3)cc(-c3ccncc3)n2)cc1. The zero-order chi connectivity index (χ0) is 16.2. The molecule has 0 fully saturated rings. The molecule has 0 saturated carbocycles. The molecule has 3 aromatic heterocycles. The summed E-state index contributed by atoms with van der Waals surface area (Å²) in [5, 5.41) is 0. The van der Waals surface area contributed by atoms with E-state index in [1.54, 1.807) is 24.8 Å². The van der Waals surface area contributed by atoms with E-state index in [9.17, 15) is 0 Å². The highest BCUT2D eigenvalue weighted by atomic mass is 14.9. The molecule has 0 saturated heterocycles. The predicted molar refractivity (Wildman–Crippen MR) is 93.9 cm³/mol. The van der Waals surface area contributed by atoms with Gasteiger partial charge in [0.2, 0.25) is 0 Å². The maximum Gasteiger partial charge on any atom is 0.160 e. The molecule has 114 valence electrons. The molecule has 3 heterocycles. The van der Waals surface area contributed by atoms with E-state index in [2.05, 4.69) is 9.97 Å². The maximum atomic E-state index is 4.74. The second kappa shape index (κ2) is 6.38. The van der Waals surface area contributed by atoms with E-state index in [1.165, 1.54) is 0 Å². The second-order valence-corrected chi connectivity index (χ2v) is 5.30. The first-order chi connectivity index (χ1) is 11.9. The third kappa shape index (κ3) is 2.90. The fourth-order valence-corrected chi connectivity index (χ4v) is 2.50. The van der Waals surface area contributed by atoms with Crippen molar-refractivity contribution >= 4 is 0 Å². The van der Waals surface area contributed by atoms with Crippen LogP contribution in [-0.2, 0) is 0 Å². The minimum Gasteiger partial charge on any atom is -0.265 e. The van der Waals surface area contributed by atoms with Crippen LogP contribution in [0.15, 0.2) is 85.5 Å². The summed E-state index contributed by atoms with van der Waals surface area (Å²) >= 11 is 0. The van der Waals surface area contributed by atoms with Gasteiger partial charge in [0.15, 0.2) is 5.82 Å². The van der Waals surface area contributed by atoms with Crippen molar-refractivity contribution in [3.8, 4) is 33.9 Å². The summed E-state index contributed by atoms with van der Waals surface area (Å²) in [6.07, 6.45) is 7.08. The number of rotatable bonds is 3. The molecule has 0 aliphatic rings. The van der Waals surface area contributed by atoms with Crippen molar-refractivity contribution in [3.63, 3.8) is 0 Å². The number of hydrogen-bond donors (Lipinski definition) is 0. The Labute approximate surface area is 139 Å². The fraction of sp³-hybridized carbons (Fsp3) is 0. The summed E-state index contributed by atoms with van der Waals surface area (Å²) in [6.45, 7) is 0. The standard InChI is InChI=1S/C20H14N4/c1-2-4-17(5-3-1)20-23-18(15-6-10-21-11-7-15)14-19(24-20)16-8-12-22-13-9-16/h1-14H. The van der Waals surface area contributed by atoms with Crippen molar-refractivity contribution in [3.05, 3.63) is 85.5 Å². The quantitative estimate of drug-likeness (QED) is 0.567. The first kappa shape index (κ1) is 14.2. The highest BCUT2D eigenvalue weighted by Gasteiger charge is 2.10. The van der Waals surface area contributed by atoms with E-state index in [0.717, 1.165) is 28.1 Å². The summed E-state index contributed by atoms with van der Waals surface area (Å²) in [7, 11) is 0. The number of nitrogens with zero attached hydrogens (tertiary/aromatic N) is 4. The number of aromatic nitrogens is 4. The van der Waals surface area contributed by atoms with Gasteiger partial charge in [-0.1, -0.05) is 30.3 Å². The number of hydrogen-bond acceptors (Lipinski definition) is 4. The molecular formula is C20H14N4. The van der Waals surface area contributed by atoms with Gasteiger partial charge in [-0.2, -0.15) is 0 Å². The molecule has 0 bridgehead atoms. The van der Waals surface area contributed by atoms with Crippen molar-refractivity contribution in [1.29, 1.82) is 0 Å². The summed E-state index contributed by atoms with van der Waals surface area (Å²) in [6, 6.07) is 19.8. The molecule has 0 N–H and O–H groups in total. The van der Waals surface area contributed by atoms with Crippen LogP contribution in [0.3, 0.4) is 0 Å². The highest BCUT2D eigenvalue weighted by Crippen LogP contribution is 2.26. The molecule has 0 spiro atoms. The minimum absolute atomic E-state index is 0.705. The molecule has 1 aromatic carbocycles. The van der Waals surface area contributed by atoms with E-state index in [4.69, 9.17) is 9.97 Å². The van der Waals surface area contributed by atoms with Crippen LogP contribution in [-0.4, -0.2) is 19.9 Å². The van der Waals surface area contributed by atoms with Crippen molar-refractivity contribution in [2.24, 2.45) is 0 Å². The van der Waals surface area contributed by atoms with Crippen LogP contribution in [0.2, 0.25) is 0 Å². The van der Waals surface area contributed by atoms with Gasteiger partial charge in [0.05, 0.1) is 11.4 Å². The monoisotopic (exact) mass is 310 g/mol. The van der Waals surface area contributed by atoms with Gasteiger partial charge in [-0.3, -0.25) is 9.97 Å².